The lowest BCUT2D eigenvalue weighted by Crippen LogP contribution is -2.21. The van der Waals surface area contributed by atoms with Crippen molar-refractivity contribution in [3.63, 3.8) is 0 Å². The number of carboxylic acids is 1. The SMILES string of the molecule is CC(C)Oc1ccc(-c2nc(-c3cccc4c3CC[C@@H]4NCCCC(=O)O)no2)cc1C#N. The predicted octanol–water partition coefficient (Wildman–Crippen LogP) is 4.50. The van der Waals surface area contributed by atoms with Crippen molar-refractivity contribution in [3.05, 3.63) is 53.1 Å². The molecule has 1 atom stereocenters. The second-order valence-corrected chi connectivity index (χ2v) is 8.33. The molecule has 8 heteroatoms. The Hall–Kier alpha value is -3.70. The van der Waals surface area contributed by atoms with E-state index in [-0.39, 0.29) is 18.6 Å². The quantitative estimate of drug-likeness (QED) is 0.461. The van der Waals surface area contributed by atoms with Gasteiger partial charge in [0.05, 0.1) is 11.7 Å². The summed E-state index contributed by atoms with van der Waals surface area (Å²) in [4.78, 5) is 15.3. The van der Waals surface area contributed by atoms with Gasteiger partial charge in [0.2, 0.25) is 5.82 Å². The van der Waals surface area contributed by atoms with Crippen LogP contribution >= 0.6 is 0 Å². The van der Waals surface area contributed by atoms with E-state index in [1.807, 2.05) is 32.0 Å². The van der Waals surface area contributed by atoms with E-state index in [4.69, 9.17) is 14.4 Å². The number of nitriles is 1. The van der Waals surface area contributed by atoms with Crippen molar-refractivity contribution in [3.8, 4) is 34.7 Å². The van der Waals surface area contributed by atoms with Crippen molar-refractivity contribution in [2.45, 2.75) is 51.7 Å². The van der Waals surface area contributed by atoms with Crippen LogP contribution < -0.4 is 10.1 Å². The lowest BCUT2D eigenvalue weighted by Gasteiger charge is -2.14. The number of carbonyl (C=O) groups is 1. The highest BCUT2D eigenvalue weighted by Gasteiger charge is 2.26. The molecule has 0 amide bonds. The van der Waals surface area contributed by atoms with Gasteiger partial charge in [0.15, 0.2) is 0 Å². The number of fused-ring (bicyclic) bond motifs is 1. The van der Waals surface area contributed by atoms with Crippen molar-refractivity contribution in [2.75, 3.05) is 6.54 Å². The van der Waals surface area contributed by atoms with E-state index in [0.29, 0.717) is 41.6 Å². The standard InChI is InChI=1S/C25H26N4O4/c1-15(2)32-22-11-8-16(13-17(22)14-26)25-28-24(29-33-25)20-6-3-5-19-18(20)9-10-21(19)27-12-4-7-23(30)31/h3,5-6,8,11,13,15,21,27H,4,7,9-10,12H2,1-2H3,(H,30,31)/t21-/m0/s1. The molecule has 4 rings (SSSR count). The molecule has 0 saturated carbocycles. The number of aromatic nitrogens is 2. The molecule has 1 aliphatic carbocycles. The predicted molar refractivity (Wildman–Crippen MR) is 122 cm³/mol. The molecule has 0 saturated heterocycles. The zero-order chi connectivity index (χ0) is 23.4. The Kier molecular flexibility index (Phi) is 6.71. The zero-order valence-corrected chi connectivity index (χ0v) is 18.7. The zero-order valence-electron chi connectivity index (χ0n) is 18.7. The molecule has 2 aromatic carbocycles. The Morgan fingerprint density at radius 3 is 2.97 bits per heavy atom. The van der Waals surface area contributed by atoms with Gasteiger partial charge < -0.3 is 19.7 Å². The molecule has 170 valence electrons. The van der Waals surface area contributed by atoms with Crippen LogP contribution in [0.2, 0.25) is 0 Å². The summed E-state index contributed by atoms with van der Waals surface area (Å²) in [6, 6.07) is 13.7. The fraction of sp³-hybridized carbons (Fsp3) is 0.360. The second-order valence-electron chi connectivity index (χ2n) is 8.33. The van der Waals surface area contributed by atoms with Gasteiger partial charge in [0, 0.05) is 23.6 Å². The molecule has 0 bridgehead atoms. The highest BCUT2D eigenvalue weighted by Crippen LogP contribution is 2.37. The van der Waals surface area contributed by atoms with Crippen LogP contribution in [0.3, 0.4) is 0 Å². The summed E-state index contributed by atoms with van der Waals surface area (Å²) in [5.41, 5.74) is 4.37. The van der Waals surface area contributed by atoms with Crippen LogP contribution in [0, 0.1) is 11.3 Å². The lowest BCUT2D eigenvalue weighted by atomic mass is 10.0. The minimum atomic E-state index is -0.775. The van der Waals surface area contributed by atoms with E-state index < -0.39 is 5.97 Å². The van der Waals surface area contributed by atoms with Gasteiger partial charge in [-0.15, -0.1) is 0 Å². The fourth-order valence-corrected chi connectivity index (χ4v) is 4.15. The molecule has 1 aromatic heterocycles. The molecule has 33 heavy (non-hydrogen) atoms. The van der Waals surface area contributed by atoms with Gasteiger partial charge in [-0.3, -0.25) is 4.79 Å². The number of nitrogens with zero attached hydrogens (tertiary/aromatic N) is 3. The third-order valence-electron chi connectivity index (χ3n) is 5.61. The Balaban J connectivity index is 1.54. The number of ether oxygens (including phenoxy) is 1. The van der Waals surface area contributed by atoms with E-state index in [9.17, 15) is 10.1 Å². The Morgan fingerprint density at radius 1 is 1.36 bits per heavy atom. The molecule has 0 aliphatic heterocycles. The average molecular weight is 447 g/mol. The Labute approximate surface area is 192 Å². The van der Waals surface area contributed by atoms with E-state index in [1.54, 1.807) is 12.1 Å². The highest BCUT2D eigenvalue weighted by molar-refractivity contribution is 5.67. The van der Waals surface area contributed by atoms with Crippen molar-refractivity contribution in [1.82, 2.24) is 15.5 Å². The van der Waals surface area contributed by atoms with Crippen LogP contribution in [-0.4, -0.2) is 33.9 Å². The minimum absolute atomic E-state index is 0.0337. The first-order chi connectivity index (χ1) is 16.0. The second kappa shape index (κ2) is 9.84. The van der Waals surface area contributed by atoms with E-state index in [0.717, 1.165) is 18.4 Å². The lowest BCUT2D eigenvalue weighted by molar-refractivity contribution is -0.137. The first-order valence-corrected chi connectivity index (χ1v) is 11.1. The average Bonchev–Trinajstić information content (AvgIpc) is 3.44. The number of benzene rings is 2. The Bertz CT molecular complexity index is 1200. The first kappa shape index (κ1) is 22.5. The maximum Gasteiger partial charge on any atom is 0.303 e. The van der Waals surface area contributed by atoms with E-state index in [1.165, 1.54) is 11.1 Å². The third kappa shape index (κ3) is 5.04. The molecule has 1 aliphatic rings. The van der Waals surface area contributed by atoms with Crippen molar-refractivity contribution < 1.29 is 19.2 Å². The van der Waals surface area contributed by atoms with E-state index in [2.05, 4.69) is 27.6 Å². The number of carboxylic acid groups (broad SMARTS) is 1. The molecule has 1 heterocycles. The number of rotatable bonds is 9. The van der Waals surface area contributed by atoms with Crippen LogP contribution in [0.15, 0.2) is 40.9 Å². The Morgan fingerprint density at radius 2 is 2.21 bits per heavy atom. The summed E-state index contributed by atoms with van der Waals surface area (Å²) in [6.07, 6.45) is 2.55. The molecule has 0 fully saturated rings. The van der Waals surface area contributed by atoms with Crippen LogP contribution in [0.4, 0.5) is 0 Å². The first-order valence-electron chi connectivity index (χ1n) is 11.1. The maximum absolute atomic E-state index is 10.7. The molecule has 2 N–H and O–H groups in total. The summed E-state index contributed by atoms with van der Waals surface area (Å²) in [5.74, 6) is 0.604. The maximum atomic E-state index is 10.7. The number of hydrogen-bond acceptors (Lipinski definition) is 7. The normalized spacial score (nSPS) is 14.8. The van der Waals surface area contributed by atoms with Crippen LogP contribution in [0.25, 0.3) is 22.8 Å². The van der Waals surface area contributed by atoms with Gasteiger partial charge in [-0.1, -0.05) is 23.4 Å². The number of nitrogens with one attached hydrogen (secondary N) is 1. The molecule has 0 spiro atoms. The van der Waals surface area contributed by atoms with Crippen LogP contribution in [0.1, 0.15) is 55.8 Å². The largest absolute Gasteiger partial charge is 0.490 e. The third-order valence-corrected chi connectivity index (χ3v) is 5.61. The van der Waals surface area contributed by atoms with Crippen LogP contribution in [0.5, 0.6) is 5.75 Å². The number of aliphatic carboxylic acids is 1. The molecule has 3 aromatic rings. The monoisotopic (exact) mass is 446 g/mol. The van der Waals surface area contributed by atoms with Crippen LogP contribution in [-0.2, 0) is 11.2 Å². The van der Waals surface area contributed by atoms with Gasteiger partial charge in [-0.25, -0.2) is 0 Å². The van der Waals surface area contributed by atoms with Gasteiger partial charge in [0.1, 0.15) is 11.8 Å². The summed E-state index contributed by atoms with van der Waals surface area (Å²) >= 11 is 0. The highest BCUT2D eigenvalue weighted by atomic mass is 16.5. The summed E-state index contributed by atoms with van der Waals surface area (Å²) in [7, 11) is 0. The summed E-state index contributed by atoms with van der Waals surface area (Å²) in [6.45, 7) is 4.48. The molecular formula is C25H26N4O4. The summed E-state index contributed by atoms with van der Waals surface area (Å²) in [5, 5.41) is 26.0. The van der Waals surface area contributed by atoms with Gasteiger partial charge >= 0.3 is 5.97 Å². The van der Waals surface area contributed by atoms with Crippen molar-refractivity contribution >= 4 is 5.97 Å². The van der Waals surface area contributed by atoms with E-state index >= 15 is 0 Å². The van der Waals surface area contributed by atoms with Gasteiger partial charge in [-0.05, 0) is 69.0 Å². The van der Waals surface area contributed by atoms with Crippen molar-refractivity contribution in [1.29, 1.82) is 5.26 Å². The topological polar surface area (TPSA) is 121 Å². The molecule has 0 radical (unpaired) electrons. The van der Waals surface area contributed by atoms with Gasteiger partial charge in [-0.2, -0.15) is 10.2 Å². The fourth-order valence-electron chi connectivity index (χ4n) is 4.15. The molecule has 0 unspecified atom stereocenters. The van der Waals surface area contributed by atoms with Crippen molar-refractivity contribution in [2.24, 2.45) is 0 Å². The summed E-state index contributed by atoms with van der Waals surface area (Å²) < 4.78 is 11.2. The smallest absolute Gasteiger partial charge is 0.303 e. The number of hydrogen-bond donors (Lipinski definition) is 2. The minimum Gasteiger partial charge on any atom is -0.490 e. The molecule has 8 nitrogen and oxygen atoms in total. The van der Waals surface area contributed by atoms with Gasteiger partial charge in [0.25, 0.3) is 5.89 Å². The molecular weight excluding hydrogens is 420 g/mol.